The molecule has 0 heterocycles. The van der Waals surface area contributed by atoms with Gasteiger partial charge >= 0.3 is 0 Å². The van der Waals surface area contributed by atoms with Crippen molar-refractivity contribution in [1.82, 2.24) is 10.2 Å². The van der Waals surface area contributed by atoms with Crippen LogP contribution < -0.4 is 5.32 Å². The van der Waals surface area contributed by atoms with Crippen LogP contribution in [0.4, 0.5) is 0 Å². The Hall–Kier alpha value is -2.62. The molecule has 0 aliphatic carbocycles. The van der Waals surface area contributed by atoms with E-state index in [-0.39, 0.29) is 11.8 Å². The van der Waals surface area contributed by atoms with E-state index >= 15 is 0 Å². The van der Waals surface area contributed by atoms with Gasteiger partial charge in [-0.05, 0) is 30.0 Å². The number of amides is 2. The van der Waals surface area contributed by atoms with Crippen LogP contribution in [0, 0.1) is 6.92 Å². The number of likely N-dealkylation sites (N-methyl/N-ethyl adjacent to an activating group) is 1. The van der Waals surface area contributed by atoms with Gasteiger partial charge in [-0.1, -0.05) is 61.5 Å². The number of carbonyl (C=O) groups excluding carboxylic acids is 2. The number of rotatable bonds is 7. The lowest BCUT2D eigenvalue weighted by molar-refractivity contribution is -0.140. The monoisotopic (exact) mass is 338 g/mol. The molecule has 0 saturated heterocycles. The quantitative estimate of drug-likeness (QED) is 0.843. The minimum Gasteiger partial charge on any atom is -0.357 e. The standard InChI is InChI=1S/C21H26N2O2/c1-4-19(21(25)22-3)23(15-18-13-9-8-10-16(18)2)20(24)14-17-11-6-5-7-12-17/h5-13,19H,4,14-15H2,1-3H3,(H,22,25)/t19-/m1/s1. The summed E-state index contributed by atoms with van der Waals surface area (Å²) in [4.78, 5) is 27.0. The third kappa shape index (κ3) is 4.92. The van der Waals surface area contributed by atoms with Crippen molar-refractivity contribution in [2.24, 2.45) is 0 Å². The first-order valence-electron chi connectivity index (χ1n) is 8.66. The van der Waals surface area contributed by atoms with Crippen LogP contribution in [0.3, 0.4) is 0 Å². The molecule has 132 valence electrons. The Morgan fingerprint density at radius 2 is 1.68 bits per heavy atom. The van der Waals surface area contributed by atoms with Crippen LogP contribution >= 0.6 is 0 Å². The third-order valence-electron chi connectivity index (χ3n) is 4.43. The first-order chi connectivity index (χ1) is 12.1. The first kappa shape index (κ1) is 18.7. The maximum Gasteiger partial charge on any atom is 0.242 e. The predicted molar refractivity (Wildman–Crippen MR) is 100 cm³/mol. The van der Waals surface area contributed by atoms with Gasteiger partial charge in [0.05, 0.1) is 6.42 Å². The van der Waals surface area contributed by atoms with Gasteiger partial charge in [-0.3, -0.25) is 9.59 Å². The number of hydrogen-bond donors (Lipinski definition) is 1. The second kappa shape index (κ2) is 9.02. The van der Waals surface area contributed by atoms with Crippen molar-refractivity contribution in [2.45, 2.75) is 39.3 Å². The van der Waals surface area contributed by atoms with E-state index in [1.54, 1.807) is 11.9 Å². The van der Waals surface area contributed by atoms with Gasteiger partial charge in [0.2, 0.25) is 11.8 Å². The number of nitrogens with one attached hydrogen (secondary N) is 1. The van der Waals surface area contributed by atoms with E-state index in [0.29, 0.717) is 19.4 Å². The molecule has 1 atom stereocenters. The summed E-state index contributed by atoms with van der Waals surface area (Å²) in [6.07, 6.45) is 0.867. The van der Waals surface area contributed by atoms with Crippen LogP contribution in [0.1, 0.15) is 30.0 Å². The van der Waals surface area contributed by atoms with Crippen molar-refractivity contribution in [1.29, 1.82) is 0 Å². The predicted octanol–water partition coefficient (Wildman–Crippen LogP) is 3.09. The molecule has 0 radical (unpaired) electrons. The normalized spacial score (nSPS) is 11.6. The zero-order valence-electron chi connectivity index (χ0n) is 15.2. The summed E-state index contributed by atoms with van der Waals surface area (Å²) >= 11 is 0. The largest absolute Gasteiger partial charge is 0.357 e. The smallest absolute Gasteiger partial charge is 0.242 e. The Balaban J connectivity index is 2.29. The van der Waals surface area contributed by atoms with E-state index in [4.69, 9.17) is 0 Å². The first-order valence-corrected chi connectivity index (χ1v) is 8.66. The topological polar surface area (TPSA) is 49.4 Å². The van der Waals surface area contributed by atoms with Crippen LogP contribution in [0.5, 0.6) is 0 Å². The number of hydrogen-bond acceptors (Lipinski definition) is 2. The minimum atomic E-state index is -0.471. The third-order valence-corrected chi connectivity index (χ3v) is 4.43. The zero-order valence-corrected chi connectivity index (χ0v) is 15.2. The lowest BCUT2D eigenvalue weighted by atomic mass is 10.0. The fourth-order valence-electron chi connectivity index (χ4n) is 2.93. The summed E-state index contributed by atoms with van der Waals surface area (Å²) in [7, 11) is 1.61. The van der Waals surface area contributed by atoms with Crippen LogP contribution in [0.15, 0.2) is 54.6 Å². The minimum absolute atomic E-state index is 0.0371. The van der Waals surface area contributed by atoms with E-state index in [2.05, 4.69) is 5.32 Å². The molecule has 0 spiro atoms. The molecule has 0 fully saturated rings. The zero-order chi connectivity index (χ0) is 18.2. The summed E-state index contributed by atoms with van der Waals surface area (Å²) < 4.78 is 0. The molecule has 25 heavy (non-hydrogen) atoms. The van der Waals surface area contributed by atoms with Gasteiger partial charge in [0.1, 0.15) is 6.04 Å². The van der Waals surface area contributed by atoms with E-state index in [0.717, 1.165) is 16.7 Å². The van der Waals surface area contributed by atoms with Gasteiger partial charge in [-0.25, -0.2) is 0 Å². The van der Waals surface area contributed by atoms with Crippen molar-refractivity contribution in [3.8, 4) is 0 Å². The molecule has 1 N–H and O–H groups in total. The molecule has 0 bridgehead atoms. The molecule has 2 aromatic rings. The Bertz CT molecular complexity index is 713. The maximum absolute atomic E-state index is 13.0. The number of benzene rings is 2. The molecule has 0 aliphatic heterocycles. The lowest BCUT2D eigenvalue weighted by Crippen LogP contribution is -2.48. The van der Waals surface area contributed by atoms with Crippen molar-refractivity contribution in [3.63, 3.8) is 0 Å². The van der Waals surface area contributed by atoms with Crippen molar-refractivity contribution in [2.75, 3.05) is 7.05 Å². The molecular formula is C21H26N2O2. The van der Waals surface area contributed by atoms with Gasteiger partial charge in [0.25, 0.3) is 0 Å². The van der Waals surface area contributed by atoms with E-state index in [9.17, 15) is 9.59 Å². The molecule has 0 aromatic heterocycles. The highest BCUT2D eigenvalue weighted by Crippen LogP contribution is 2.17. The molecule has 0 saturated carbocycles. The average Bonchev–Trinajstić information content (AvgIpc) is 2.63. The summed E-state index contributed by atoms with van der Waals surface area (Å²) in [5.74, 6) is -0.164. The number of carbonyl (C=O) groups is 2. The van der Waals surface area contributed by atoms with Crippen molar-refractivity contribution in [3.05, 3.63) is 71.3 Å². The highest BCUT2D eigenvalue weighted by Gasteiger charge is 2.28. The van der Waals surface area contributed by atoms with Gasteiger partial charge in [0.15, 0.2) is 0 Å². The van der Waals surface area contributed by atoms with Crippen LogP contribution in [0.2, 0.25) is 0 Å². The van der Waals surface area contributed by atoms with E-state index in [1.807, 2.05) is 68.4 Å². The van der Waals surface area contributed by atoms with Crippen LogP contribution in [-0.4, -0.2) is 29.8 Å². The van der Waals surface area contributed by atoms with Crippen LogP contribution in [0.25, 0.3) is 0 Å². The lowest BCUT2D eigenvalue weighted by Gasteiger charge is -2.30. The van der Waals surface area contributed by atoms with Gasteiger partial charge in [-0.15, -0.1) is 0 Å². The van der Waals surface area contributed by atoms with E-state index in [1.165, 1.54) is 0 Å². The maximum atomic E-state index is 13.0. The Morgan fingerprint density at radius 3 is 2.28 bits per heavy atom. The fraction of sp³-hybridized carbons (Fsp3) is 0.333. The van der Waals surface area contributed by atoms with Crippen molar-refractivity contribution >= 4 is 11.8 Å². The van der Waals surface area contributed by atoms with Crippen LogP contribution in [-0.2, 0) is 22.6 Å². The summed E-state index contributed by atoms with van der Waals surface area (Å²) in [5.41, 5.74) is 3.13. The molecule has 2 aromatic carbocycles. The summed E-state index contributed by atoms with van der Waals surface area (Å²) in [6, 6.07) is 17.1. The number of nitrogens with zero attached hydrogens (tertiary/aromatic N) is 1. The van der Waals surface area contributed by atoms with Gasteiger partial charge < -0.3 is 10.2 Å². The Labute approximate surface area is 149 Å². The van der Waals surface area contributed by atoms with Gasteiger partial charge in [0, 0.05) is 13.6 Å². The molecule has 4 heteroatoms. The second-order valence-electron chi connectivity index (χ2n) is 6.15. The highest BCUT2D eigenvalue weighted by molar-refractivity contribution is 5.88. The molecule has 0 aliphatic rings. The average molecular weight is 338 g/mol. The molecule has 0 unspecified atom stereocenters. The number of aryl methyl sites for hydroxylation is 1. The SMILES string of the molecule is CC[C@H](C(=O)NC)N(Cc1ccccc1C)C(=O)Cc1ccccc1. The van der Waals surface area contributed by atoms with Gasteiger partial charge in [-0.2, -0.15) is 0 Å². The summed E-state index contributed by atoms with van der Waals surface area (Å²) in [6.45, 7) is 4.39. The molecular weight excluding hydrogens is 312 g/mol. The summed E-state index contributed by atoms with van der Waals surface area (Å²) in [5, 5.41) is 2.68. The van der Waals surface area contributed by atoms with E-state index < -0.39 is 6.04 Å². The molecule has 2 rings (SSSR count). The highest BCUT2D eigenvalue weighted by atomic mass is 16.2. The Kier molecular flexibility index (Phi) is 6.75. The fourth-order valence-corrected chi connectivity index (χ4v) is 2.93. The Morgan fingerprint density at radius 1 is 1.04 bits per heavy atom. The van der Waals surface area contributed by atoms with Crippen molar-refractivity contribution < 1.29 is 9.59 Å². The second-order valence-corrected chi connectivity index (χ2v) is 6.15. The molecule has 4 nitrogen and oxygen atoms in total. The molecule has 2 amide bonds.